The molecule has 1 amide bonds. The summed E-state index contributed by atoms with van der Waals surface area (Å²) in [5, 5.41) is 4.85. The van der Waals surface area contributed by atoms with Crippen LogP contribution in [0, 0.1) is 0 Å². The zero-order valence-corrected chi connectivity index (χ0v) is 17.7. The quantitative estimate of drug-likeness (QED) is 0.521. The molecule has 1 fully saturated rings. The molecule has 0 saturated carbocycles. The smallest absolute Gasteiger partial charge is 0.376 e. The molecule has 1 aliphatic heterocycles. The van der Waals surface area contributed by atoms with E-state index in [0.29, 0.717) is 31.0 Å². The van der Waals surface area contributed by atoms with Crippen molar-refractivity contribution in [3.63, 3.8) is 0 Å². The molecule has 1 aliphatic rings. The zero-order chi connectivity index (χ0) is 20.6. The van der Waals surface area contributed by atoms with Crippen LogP contribution in [0.2, 0.25) is 0 Å². The molecule has 29 heavy (non-hydrogen) atoms. The summed E-state index contributed by atoms with van der Waals surface area (Å²) in [6, 6.07) is 6.84. The number of nitrogens with zero attached hydrogens (tertiary/aromatic N) is 1. The second-order valence-electron chi connectivity index (χ2n) is 6.95. The van der Waals surface area contributed by atoms with E-state index in [2.05, 4.69) is 21.2 Å². The maximum Gasteiger partial charge on any atom is 0.416 e. The number of fused-ring (bicyclic) bond motifs is 1. The number of rotatable bonds is 5. The average Bonchev–Trinajstić information content (AvgIpc) is 3.39. The van der Waals surface area contributed by atoms with Crippen molar-refractivity contribution in [3.8, 4) is 0 Å². The number of benzene rings is 1. The number of alkyl halides is 3. The van der Waals surface area contributed by atoms with E-state index in [0.717, 1.165) is 39.7 Å². The molecule has 4 nitrogen and oxygen atoms in total. The van der Waals surface area contributed by atoms with Crippen LogP contribution in [0.4, 0.5) is 13.2 Å². The summed E-state index contributed by atoms with van der Waals surface area (Å²) in [5.74, 6) is -0.220. The number of aromatic nitrogens is 1. The first kappa shape index (κ1) is 20.4. The molecule has 1 atom stereocenters. The highest BCUT2D eigenvalue weighted by Gasteiger charge is 2.30. The van der Waals surface area contributed by atoms with Crippen LogP contribution in [-0.2, 0) is 17.5 Å². The lowest BCUT2D eigenvalue weighted by atomic mass is 10.1. The van der Waals surface area contributed by atoms with Crippen molar-refractivity contribution in [3.05, 3.63) is 57.0 Å². The van der Waals surface area contributed by atoms with E-state index in [9.17, 15) is 18.0 Å². The number of carbonyl (C=O) groups is 1. The molecule has 0 radical (unpaired) electrons. The minimum absolute atomic E-state index is 0.0325. The Hall–Kier alpha value is -1.84. The van der Waals surface area contributed by atoms with Gasteiger partial charge in [0, 0.05) is 25.1 Å². The SMILES string of the molecule is O=C(NC[C@H]1CCCO1)c1cc2scc(Br)c2n1Cc1ccc(C(F)(F)F)cc1. The Labute approximate surface area is 177 Å². The lowest BCUT2D eigenvalue weighted by molar-refractivity contribution is -0.137. The lowest BCUT2D eigenvalue weighted by Crippen LogP contribution is -2.33. The number of hydrogen-bond acceptors (Lipinski definition) is 3. The van der Waals surface area contributed by atoms with Crippen LogP contribution < -0.4 is 5.32 Å². The predicted molar refractivity (Wildman–Crippen MR) is 109 cm³/mol. The molecular formula is C20H18BrF3N2O2S. The van der Waals surface area contributed by atoms with Crippen LogP contribution in [0.5, 0.6) is 0 Å². The molecule has 1 aromatic carbocycles. The second-order valence-corrected chi connectivity index (χ2v) is 8.72. The van der Waals surface area contributed by atoms with Crippen LogP contribution in [0.1, 0.15) is 34.5 Å². The minimum Gasteiger partial charge on any atom is -0.376 e. The van der Waals surface area contributed by atoms with Gasteiger partial charge in [0.2, 0.25) is 0 Å². The minimum atomic E-state index is -4.37. The number of carbonyl (C=O) groups excluding carboxylic acids is 1. The Morgan fingerprint density at radius 3 is 2.72 bits per heavy atom. The molecular weight excluding hydrogens is 469 g/mol. The first-order chi connectivity index (χ1) is 13.8. The third kappa shape index (κ3) is 4.36. The standard InChI is InChI=1S/C20H18BrF3N2O2S/c21-15-11-29-17-8-16(19(27)25-9-14-2-1-7-28-14)26(18(15)17)10-12-3-5-13(6-4-12)20(22,23)24/h3-6,8,11,14H,1-2,7,9-10H2,(H,25,27)/t14-/m1/s1. The largest absolute Gasteiger partial charge is 0.416 e. The Morgan fingerprint density at radius 2 is 2.07 bits per heavy atom. The van der Waals surface area contributed by atoms with Crippen molar-refractivity contribution in [2.45, 2.75) is 31.7 Å². The predicted octanol–water partition coefficient (Wildman–Crippen LogP) is 5.44. The second kappa shape index (κ2) is 8.12. The maximum atomic E-state index is 12.8. The first-order valence-electron chi connectivity index (χ1n) is 9.15. The third-order valence-corrected chi connectivity index (χ3v) is 6.77. The number of amides is 1. The number of halogens is 4. The third-order valence-electron chi connectivity index (χ3n) is 4.95. The average molecular weight is 487 g/mol. The Bertz CT molecular complexity index is 1020. The molecule has 3 aromatic rings. The molecule has 3 heterocycles. The molecule has 0 spiro atoms. The molecule has 0 bridgehead atoms. The number of ether oxygens (including phenoxy) is 1. The van der Waals surface area contributed by atoms with E-state index in [1.165, 1.54) is 23.5 Å². The van der Waals surface area contributed by atoms with Gasteiger partial charge >= 0.3 is 6.18 Å². The van der Waals surface area contributed by atoms with Crippen molar-refractivity contribution in [2.75, 3.05) is 13.2 Å². The van der Waals surface area contributed by atoms with Gasteiger partial charge in [-0.15, -0.1) is 11.3 Å². The van der Waals surface area contributed by atoms with E-state index in [1.807, 2.05) is 16.0 Å². The van der Waals surface area contributed by atoms with Gasteiger partial charge in [-0.3, -0.25) is 4.79 Å². The topological polar surface area (TPSA) is 43.3 Å². The van der Waals surface area contributed by atoms with Crippen LogP contribution in [0.25, 0.3) is 10.2 Å². The zero-order valence-electron chi connectivity index (χ0n) is 15.3. The summed E-state index contributed by atoms with van der Waals surface area (Å²) in [5.41, 5.74) is 1.33. The van der Waals surface area contributed by atoms with Gasteiger partial charge in [0.05, 0.1) is 26.4 Å². The van der Waals surface area contributed by atoms with Crippen molar-refractivity contribution in [1.82, 2.24) is 9.88 Å². The monoisotopic (exact) mass is 486 g/mol. The van der Waals surface area contributed by atoms with E-state index in [-0.39, 0.29) is 12.0 Å². The van der Waals surface area contributed by atoms with E-state index < -0.39 is 11.7 Å². The fraction of sp³-hybridized carbons (Fsp3) is 0.350. The highest BCUT2D eigenvalue weighted by Crippen LogP contribution is 2.34. The van der Waals surface area contributed by atoms with Gasteiger partial charge in [-0.05, 0) is 52.5 Å². The van der Waals surface area contributed by atoms with Crippen molar-refractivity contribution in [1.29, 1.82) is 0 Å². The summed E-state index contributed by atoms with van der Waals surface area (Å²) in [6.45, 7) is 1.45. The highest BCUT2D eigenvalue weighted by molar-refractivity contribution is 9.10. The summed E-state index contributed by atoms with van der Waals surface area (Å²) < 4.78 is 47.6. The lowest BCUT2D eigenvalue weighted by Gasteiger charge is -2.14. The van der Waals surface area contributed by atoms with Gasteiger partial charge in [0.25, 0.3) is 5.91 Å². The van der Waals surface area contributed by atoms with E-state index in [4.69, 9.17) is 4.74 Å². The number of thiophene rings is 1. The summed E-state index contributed by atoms with van der Waals surface area (Å²) >= 11 is 5.02. The molecule has 0 unspecified atom stereocenters. The van der Waals surface area contributed by atoms with E-state index in [1.54, 1.807) is 0 Å². The van der Waals surface area contributed by atoms with Gasteiger partial charge in [-0.1, -0.05) is 12.1 Å². The van der Waals surface area contributed by atoms with Crippen molar-refractivity contribution >= 4 is 43.4 Å². The number of hydrogen-bond donors (Lipinski definition) is 1. The van der Waals surface area contributed by atoms with Crippen molar-refractivity contribution in [2.24, 2.45) is 0 Å². The summed E-state index contributed by atoms with van der Waals surface area (Å²) in [7, 11) is 0. The first-order valence-corrected chi connectivity index (χ1v) is 10.8. The van der Waals surface area contributed by atoms with Gasteiger partial charge in [-0.25, -0.2) is 0 Å². The van der Waals surface area contributed by atoms with Crippen LogP contribution in [0.3, 0.4) is 0 Å². The van der Waals surface area contributed by atoms with Crippen LogP contribution >= 0.6 is 27.3 Å². The van der Waals surface area contributed by atoms with Crippen LogP contribution in [0.15, 0.2) is 40.2 Å². The fourth-order valence-corrected chi connectivity index (χ4v) is 5.16. The Morgan fingerprint density at radius 1 is 1.31 bits per heavy atom. The Kier molecular flexibility index (Phi) is 5.72. The maximum absolute atomic E-state index is 12.8. The summed E-state index contributed by atoms with van der Waals surface area (Å²) in [6.07, 6.45) is -2.42. The van der Waals surface area contributed by atoms with E-state index >= 15 is 0 Å². The Balaban J connectivity index is 1.60. The molecule has 1 N–H and O–H groups in total. The van der Waals surface area contributed by atoms with Gasteiger partial charge in [0.15, 0.2) is 0 Å². The number of nitrogens with one attached hydrogen (secondary N) is 1. The van der Waals surface area contributed by atoms with Crippen LogP contribution in [-0.4, -0.2) is 29.7 Å². The molecule has 0 aliphatic carbocycles. The van der Waals surface area contributed by atoms with Gasteiger partial charge < -0.3 is 14.6 Å². The molecule has 2 aromatic heterocycles. The summed E-state index contributed by atoms with van der Waals surface area (Å²) in [4.78, 5) is 12.8. The van der Waals surface area contributed by atoms with Gasteiger partial charge in [0.1, 0.15) is 5.69 Å². The highest BCUT2D eigenvalue weighted by atomic mass is 79.9. The van der Waals surface area contributed by atoms with Gasteiger partial charge in [-0.2, -0.15) is 13.2 Å². The molecule has 4 rings (SSSR count). The normalized spacial score (nSPS) is 17.2. The molecule has 9 heteroatoms. The molecule has 1 saturated heterocycles. The van der Waals surface area contributed by atoms with Crippen molar-refractivity contribution < 1.29 is 22.7 Å². The fourth-order valence-electron chi connectivity index (χ4n) is 3.47. The molecule has 154 valence electrons.